The molecule has 3 aromatic carbocycles. The Balaban J connectivity index is 1.56. The van der Waals surface area contributed by atoms with Crippen molar-refractivity contribution >= 4 is 16.7 Å². The molecule has 0 aliphatic carbocycles. The molecule has 0 fully saturated rings. The predicted molar refractivity (Wildman–Crippen MR) is 96.7 cm³/mol. The van der Waals surface area contributed by atoms with Crippen LogP contribution >= 0.6 is 0 Å². The highest BCUT2D eigenvalue weighted by atomic mass is 16.3. The van der Waals surface area contributed by atoms with Gasteiger partial charge in [0.2, 0.25) is 5.91 Å². The summed E-state index contributed by atoms with van der Waals surface area (Å²) in [5.41, 5.74) is 1.98. The van der Waals surface area contributed by atoms with Crippen molar-refractivity contribution in [2.24, 2.45) is 0 Å². The topological polar surface area (TPSA) is 49.3 Å². The molecule has 3 aromatic rings. The molecule has 3 nitrogen and oxygen atoms in total. The van der Waals surface area contributed by atoms with Crippen molar-refractivity contribution in [2.75, 3.05) is 6.54 Å². The second kappa shape index (κ2) is 7.75. The van der Waals surface area contributed by atoms with Gasteiger partial charge in [-0.2, -0.15) is 0 Å². The van der Waals surface area contributed by atoms with E-state index in [0.717, 1.165) is 21.9 Å². The van der Waals surface area contributed by atoms with E-state index < -0.39 is 6.10 Å². The Labute approximate surface area is 142 Å². The Morgan fingerprint density at radius 1 is 0.917 bits per heavy atom. The van der Waals surface area contributed by atoms with Gasteiger partial charge >= 0.3 is 0 Å². The van der Waals surface area contributed by atoms with Crippen LogP contribution in [0, 0.1) is 0 Å². The molecule has 0 bridgehead atoms. The summed E-state index contributed by atoms with van der Waals surface area (Å²) in [4.78, 5) is 12.0. The molecule has 3 heteroatoms. The van der Waals surface area contributed by atoms with E-state index in [4.69, 9.17) is 0 Å². The van der Waals surface area contributed by atoms with Gasteiger partial charge in [0.15, 0.2) is 0 Å². The van der Waals surface area contributed by atoms with E-state index in [1.165, 1.54) is 0 Å². The van der Waals surface area contributed by atoms with E-state index in [2.05, 4.69) is 5.32 Å². The van der Waals surface area contributed by atoms with E-state index in [1.807, 2.05) is 72.8 Å². The summed E-state index contributed by atoms with van der Waals surface area (Å²) in [6, 6.07) is 23.7. The number of fused-ring (bicyclic) bond motifs is 1. The average molecular weight is 319 g/mol. The van der Waals surface area contributed by atoms with Crippen molar-refractivity contribution in [1.29, 1.82) is 0 Å². The molecule has 24 heavy (non-hydrogen) atoms. The first kappa shape index (κ1) is 16.2. The van der Waals surface area contributed by atoms with Gasteiger partial charge < -0.3 is 10.4 Å². The second-order valence-electron chi connectivity index (χ2n) is 5.87. The highest BCUT2D eigenvalue weighted by Gasteiger charge is 2.12. The maximum absolute atomic E-state index is 12.0. The molecule has 3 rings (SSSR count). The highest BCUT2D eigenvalue weighted by molar-refractivity contribution is 5.86. The lowest BCUT2D eigenvalue weighted by atomic mass is 10.0. The van der Waals surface area contributed by atoms with Crippen LogP contribution < -0.4 is 5.32 Å². The molecule has 1 atom stereocenters. The van der Waals surface area contributed by atoms with Gasteiger partial charge in [0.05, 0.1) is 6.10 Å². The molecule has 2 N–H and O–H groups in total. The van der Waals surface area contributed by atoms with Gasteiger partial charge in [-0.3, -0.25) is 4.79 Å². The van der Waals surface area contributed by atoms with Crippen LogP contribution in [-0.2, 0) is 11.2 Å². The zero-order valence-corrected chi connectivity index (χ0v) is 13.5. The quantitative estimate of drug-likeness (QED) is 0.729. The SMILES string of the molecule is O=C(CCc1ccccc1)NC[C@H](O)c1cccc2ccccc12. The van der Waals surface area contributed by atoms with E-state index in [0.29, 0.717) is 12.8 Å². The zero-order chi connectivity index (χ0) is 16.8. The first-order valence-electron chi connectivity index (χ1n) is 8.20. The molecule has 0 aliphatic rings. The van der Waals surface area contributed by atoms with E-state index in [-0.39, 0.29) is 12.5 Å². The first-order chi connectivity index (χ1) is 11.7. The first-order valence-corrected chi connectivity index (χ1v) is 8.20. The summed E-state index contributed by atoms with van der Waals surface area (Å²) in [5.74, 6) is -0.0434. The Hall–Kier alpha value is -2.65. The number of nitrogens with one attached hydrogen (secondary N) is 1. The van der Waals surface area contributed by atoms with Gasteiger partial charge in [0.25, 0.3) is 0 Å². The number of rotatable bonds is 6. The third kappa shape index (κ3) is 4.00. The largest absolute Gasteiger partial charge is 0.387 e. The fourth-order valence-electron chi connectivity index (χ4n) is 2.85. The molecule has 0 unspecified atom stereocenters. The molecule has 0 spiro atoms. The minimum atomic E-state index is -0.711. The number of amides is 1. The van der Waals surface area contributed by atoms with Gasteiger partial charge in [-0.05, 0) is 28.3 Å². The third-order valence-electron chi connectivity index (χ3n) is 4.16. The fraction of sp³-hybridized carbons (Fsp3) is 0.190. The predicted octanol–water partition coefficient (Wildman–Crippen LogP) is 3.62. The Bertz CT molecular complexity index is 809. The monoisotopic (exact) mass is 319 g/mol. The molecule has 122 valence electrons. The van der Waals surface area contributed by atoms with Gasteiger partial charge in [-0.1, -0.05) is 72.8 Å². The number of aryl methyl sites for hydroxylation is 1. The second-order valence-corrected chi connectivity index (χ2v) is 5.87. The summed E-state index contributed by atoms with van der Waals surface area (Å²) in [5, 5.41) is 15.4. The van der Waals surface area contributed by atoms with E-state index in [1.54, 1.807) is 0 Å². The van der Waals surface area contributed by atoms with Gasteiger partial charge in [0.1, 0.15) is 0 Å². The lowest BCUT2D eigenvalue weighted by Gasteiger charge is -2.14. The maximum Gasteiger partial charge on any atom is 0.220 e. The van der Waals surface area contributed by atoms with Crippen LogP contribution in [-0.4, -0.2) is 17.6 Å². The normalized spacial score (nSPS) is 12.0. The summed E-state index contributed by atoms with van der Waals surface area (Å²) in [6.45, 7) is 0.224. The summed E-state index contributed by atoms with van der Waals surface area (Å²) in [7, 11) is 0. The number of aliphatic hydroxyl groups is 1. The van der Waals surface area contributed by atoms with Crippen LogP contribution in [0.15, 0.2) is 72.8 Å². The minimum absolute atomic E-state index is 0.0434. The molecule has 0 aromatic heterocycles. The van der Waals surface area contributed by atoms with Crippen LogP contribution in [0.25, 0.3) is 10.8 Å². The highest BCUT2D eigenvalue weighted by Crippen LogP contribution is 2.23. The molecule has 0 heterocycles. The lowest BCUT2D eigenvalue weighted by molar-refractivity contribution is -0.121. The van der Waals surface area contributed by atoms with E-state index in [9.17, 15) is 9.90 Å². The average Bonchev–Trinajstić information content (AvgIpc) is 2.64. The van der Waals surface area contributed by atoms with Crippen LogP contribution in [0.3, 0.4) is 0 Å². The molecular weight excluding hydrogens is 298 g/mol. The Kier molecular flexibility index (Phi) is 5.24. The molecule has 1 amide bonds. The molecule has 0 radical (unpaired) electrons. The number of benzene rings is 3. The Morgan fingerprint density at radius 2 is 1.62 bits per heavy atom. The molecule has 0 saturated heterocycles. The Morgan fingerprint density at radius 3 is 2.46 bits per heavy atom. The number of hydrogen-bond acceptors (Lipinski definition) is 2. The van der Waals surface area contributed by atoms with Crippen molar-refractivity contribution < 1.29 is 9.90 Å². The van der Waals surface area contributed by atoms with Crippen LogP contribution in [0.1, 0.15) is 23.7 Å². The van der Waals surface area contributed by atoms with Crippen molar-refractivity contribution in [3.63, 3.8) is 0 Å². The standard InChI is InChI=1S/C21H21NO2/c23-20(19-12-6-10-17-9-4-5-11-18(17)19)15-22-21(24)14-13-16-7-2-1-3-8-16/h1-12,20,23H,13-15H2,(H,22,24)/t20-/m0/s1. The summed E-state index contributed by atoms with van der Waals surface area (Å²) in [6.07, 6.45) is 0.417. The van der Waals surface area contributed by atoms with Crippen molar-refractivity contribution in [1.82, 2.24) is 5.32 Å². The maximum atomic E-state index is 12.0. The van der Waals surface area contributed by atoms with Crippen LogP contribution in [0.4, 0.5) is 0 Å². The minimum Gasteiger partial charge on any atom is -0.387 e. The third-order valence-corrected chi connectivity index (χ3v) is 4.16. The number of hydrogen-bond donors (Lipinski definition) is 2. The zero-order valence-electron chi connectivity index (χ0n) is 13.5. The summed E-state index contributed by atoms with van der Waals surface area (Å²) >= 11 is 0. The number of carbonyl (C=O) groups excluding carboxylic acids is 1. The van der Waals surface area contributed by atoms with Crippen LogP contribution in [0.5, 0.6) is 0 Å². The summed E-state index contributed by atoms with van der Waals surface area (Å²) < 4.78 is 0. The fourth-order valence-corrected chi connectivity index (χ4v) is 2.85. The van der Waals surface area contributed by atoms with Gasteiger partial charge in [-0.15, -0.1) is 0 Å². The number of aliphatic hydroxyl groups excluding tert-OH is 1. The van der Waals surface area contributed by atoms with Crippen LogP contribution in [0.2, 0.25) is 0 Å². The van der Waals surface area contributed by atoms with Crippen molar-refractivity contribution in [3.05, 3.63) is 83.9 Å². The van der Waals surface area contributed by atoms with Gasteiger partial charge in [0, 0.05) is 13.0 Å². The van der Waals surface area contributed by atoms with Crippen molar-refractivity contribution in [2.45, 2.75) is 18.9 Å². The molecular formula is C21H21NO2. The van der Waals surface area contributed by atoms with E-state index >= 15 is 0 Å². The lowest BCUT2D eigenvalue weighted by Crippen LogP contribution is -2.28. The van der Waals surface area contributed by atoms with Crippen molar-refractivity contribution in [3.8, 4) is 0 Å². The van der Waals surface area contributed by atoms with Gasteiger partial charge in [-0.25, -0.2) is 0 Å². The molecule has 0 aliphatic heterocycles. The number of carbonyl (C=O) groups is 1. The smallest absolute Gasteiger partial charge is 0.220 e. The molecule has 0 saturated carbocycles.